The lowest BCUT2D eigenvalue weighted by atomic mass is 10.1. The van der Waals surface area contributed by atoms with E-state index in [0.717, 1.165) is 16.3 Å². The maximum Gasteiger partial charge on any atom is 0.136 e. The molecule has 0 saturated heterocycles. The number of benzene rings is 1. The Kier molecular flexibility index (Phi) is 2.86. The fourth-order valence-electron chi connectivity index (χ4n) is 1.39. The molecule has 0 aliphatic carbocycles. The quantitative estimate of drug-likeness (QED) is 0.542. The zero-order chi connectivity index (χ0) is 10.7. The van der Waals surface area contributed by atoms with E-state index in [0.29, 0.717) is 5.15 Å². The van der Waals surface area contributed by atoms with Gasteiger partial charge >= 0.3 is 0 Å². The predicted molar refractivity (Wildman–Crippen MR) is 60.7 cm³/mol. The molecule has 0 unspecified atom stereocenters. The van der Waals surface area contributed by atoms with Gasteiger partial charge < -0.3 is 5.11 Å². The van der Waals surface area contributed by atoms with Crippen LogP contribution in [0.25, 0.3) is 10.8 Å². The summed E-state index contributed by atoms with van der Waals surface area (Å²) in [6, 6.07) is 7.65. The monoisotopic (exact) mass is 217 g/mol. The number of aromatic nitrogens is 1. The molecule has 2 nitrogen and oxygen atoms in total. The van der Waals surface area contributed by atoms with E-state index in [9.17, 15) is 0 Å². The van der Waals surface area contributed by atoms with Gasteiger partial charge in [0.05, 0.1) is 5.56 Å². The number of hydrogen-bond donors (Lipinski definition) is 1. The van der Waals surface area contributed by atoms with E-state index in [2.05, 4.69) is 16.8 Å². The van der Waals surface area contributed by atoms with Gasteiger partial charge in [0.2, 0.25) is 0 Å². The van der Waals surface area contributed by atoms with Crippen molar-refractivity contribution in [1.29, 1.82) is 0 Å². The second-order valence-corrected chi connectivity index (χ2v) is 3.33. The highest BCUT2D eigenvalue weighted by atomic mass is 35.5. The number of fused-ring (bicyclic) bond motifs is 1. The molecule has 0 aliphatic heterocycles. The smallest absolute Gasteiger partial charge is 0.136 e. The first kappa shape index (κ1) is 9.97. The Labute approximate surface area is 92.5 Å². The minimum Gasteiger partial charge on any atom is -0.384 e. The highest BCUT2D eigenvalue weighted by Crippen LogP contribution is 2.23. The minimum atomic E-state index is -0.156. The molecule has 15 heavy (non-hydrogen) atoms. The molecule has 0 bridgehead atoms. The Bertz CT molecular complexity index is 554. The Hall–Kier alpha value is -1.56. The first-order valence-corrected chi connectivity index (χ1v) is 4.83. The predicted octanol–water partition coefficient (Wildman–Crippen LogP) is 2.23. The molecule has 1 N–H and O–H groups in total. The average Bonchev–Trinajstić information content (AvgIpc) is 2.29. The van der Waals surface area contributed by atoms with E-state index in [1.54, 1.807) is 6.20 Å². The lowest BCUT2D eigenvalue weighted by molar-refractivity contribution is 0.350. The zero-order valence-corrected chi connectivity index (χ0v) is 8.62. The molecule has 1 aromatic heterocycles. The normalized spacial score (nSPS) is 9.73. The van der Waals surface area contributed by atoms with E-state index >= 15 is 0 Å². The van der Waals surface area contributed by atoms with Gasteiger partial charge in [-0.3, -0.25) is 0 Å². The molecule has 1 aromatic carbocycles. The standard InChI is InChI=1S/C12H8ClNO/c13-12-11-6-2-1-5-10(11)9(8-14-12)4-3-7-15/h1-2,5-6,8,15H,7H2. The number of hydrogen-bond acceptors (Lipinski definition) is 2. The van der Waals surface area contributed by atoms with Crippen LogP contribution < -0.4 is 0 Å². The highest BCUT2D eigenvalue weighted by Gasteiger charge is 2.02. The molecule has 0 atom stereocenters. The zero-order valence-electron chi connectivity index (χ0n) is 7.87. The first-order valence-electron chi connectivity index (χ1n) is 4.46. The van der Waals surface area contributed by atoms with Crippen LogP contribution in [0.5, 0.6) is 0 Å². The maximum atomic E-state index is 8.63. The van der Waals surface area contributed by atoms with Crippen LogP contribution in [0.3, 0.4) is 0 Å². The molecule has 1 heterocycles. The van der Waals surface area contributed by atoms with Crippen molar-refractivity contribution in [1.82, 2.24) is 4.98 Å². The molecular formula is C12H8ClNO. The van der Waals surface area contributed by atoms with Crippen LogP contribution in [0.15, 0.2) is 30.5 Å². The van der Waals surface area contributed by atoms with Gasteiger partial charge in [0.15, 0.2) is 0 Å². The van der Waals surface area contributed by atoms with Gasteiger partial charge in [0.25, 0.3) is 0 Å². The van der Waals surface area contributed by atoms with E-state index in [1.165, 1.54) is 0 Å². The summed E-state index contributed by atoms with van der Waals surface area (Å²) in [7, 11) is 0. The van der Waals surface area contributed by atoms with Crippen molar-refractivity contribution >= 4 is 22.4 Å². The van der Waals surface area contributed by atoms with Gasteiger partial charge in [0.1, 0.15) is 11.8 Å². The third-order valence-electron chi connectivity index (χ3n) is 2.05. The summed E-state index contributed by atoms with van der Waals surface area (Å²) in [5.41, 5.74) is 0.782. The van der Waals surface area contributed by atoms with Crippen molar-refractivity contribution in [2.24, 2.45) is 0 Å². The van der Waals surface area contributed by atoms with Gasteiger partial charge in [-0.05, 0) is 0 Å². The van der Waals surface area contributed by atoms with Gasteiger partial charge in [0, 0.05) is 17.0 Å². The second-order valence-electron chi connectivity index (χ2n) is 2.97. The summed E-state index contributed by atoms with van der Waals surface area (Å²) >= 11 is 5.95. The molecule has 0 radical (unpaired) electrons. The van der Waals surface area contributed by atoms with E-state index < -0.39 is 0 Å². The molecule has 0 saturated carbocycles. The Morgan fingerprint density at radius 2 is 2.00 bits per heavy atom. The number of aliphatic hydroxyl groups is 1. The average molecular weight is 218 g/mol. The van der Waals surface area contributed by atoms with Gasteiger partial charge in [-0.25, -0.2) is 4.98 Å². The SMILES string of the molecule is OCC#Cc1cnc(Cl)c2ccccc12. The van der Waals surface area contributed by atoms with Crippen LogP contribution in [-0.2, 0) is 0 Å². The summed E-state index contributed by atoms with van der Waals surface area (Å²) in [5, 5.41) is 10.9. The van der Waals surface area contributed by atoms with Crippen LogP contribution in [0.2, 0.25) is 5.15 Å². The summed E-state index contributed by atoms with van der Waals surface area (Å²) < 4.78 is 0. The molecule has 0 amide bonds. The van der Waals surface area contributed by atoms with Gasteiger partial charge in [-0.2, -0.15) is 0 Å². The van der Waals surface area contributed by atoms with Crippen LogP contribution in [0.4, 0.5) is 0 Å². The van der Waals surface area contributed by atoms with Crippen LogP contribution in [-0.4, -0.2) is 16.7 Å². The molecule has 3 heteroatoms. The Morgan fingerprint density at radius 3 is 2.73 bits per heavy atom. The Balaban J connectivity index is 2.72. The third-order valence-corrected chi connectivity index (χ3v) is 2.35. The van der Waals surface area contributed by atoms with E-state index in [1.807, 2.05) is 24.3 Å². The first-order chi connectivity index (χ1) is 7.33. The molecule has 74 valence electrons. The largest absolute Gasteiger partial charge is 0.384 e. The van der Waals surface area contributed by atoms with Crippen molar-refractivity contribution < 1.29 is 5.11 Å². The summed E-state index contributed by atoms with van der Waals surface area (Å²) in [4.78, 5) is 4.04. The maximum absolute atomic E-state index is 8.63. The van der Waals surface area contributed by atoms with E-state index in [4.69, 9.17) is 16.7 Å². The van der Waals surface area contributed by atoms with Gasteiger partial charge in [-0.1, -0.05) is 47.7 Å². The molecule has 0 spiro atoms. The van der Waals surface area contributed by atoms with E-state index in [-0.39, 0.29) is 6.61 Å². The number of aliphatic hydroxyl groups excluding tert-OH is 1. The minimum absolute atomic E-state index is 0.156. The van der Waals surface area contributed by atoms with Crippen molar-refractivity contribution in [3.8, 4) is 11.8 Å². The number of halogens is 1. The third kappa shape index (κ3) is 1.94. The fourth-order valence-corrected chi connectivity index (χ4v) is 1.61. The fraction of sp³-hybridized carbons (Fsp3) is 0.0833. The van der Waals surface area contributed by atoms with Crippen molar-refractivity contribution in [2.75, 3.05) is 6.61 Å². The van der Waals surface area contributed by atoms with Crippen LogP contribution in [0, 0.1) is 11.8 Å². The molecule has 0 fully saturated rings. The molecule has 0 aliphatic rings. The molecule has 2 rings (SSSR count). The highest BCUT2D eigenvalue weighted by molar-refractivity contribution is 6.34. The lowest BCUT2D eigenvalue weighted by Crippen LogP contribution is -1.85. The van der Waals surface area contributed by atoms with Crippen molar-refractivity contribution in [2.45, 2.75) is 0 Å². The Morgan fingerprint density at radius 1 is 1.27 bits per heavy atom. The van der Waals surface area contributed by atoms with Crippen LogP contribution in [0.1, 0.15) is 5.56 Å². The second kappa shape index (κ2) is 4.31. The van der Waals surface area contributed by atoms with Gasteiger partial charge in [-0.15, -0.1) is 0 Å². The summed E-state index contributed by atoms with van der Waals surface area (Å²) in [6.45, 7) is -0.156. The van der Waals surface area contributed by atoms with Crippen molar-refractivity contribution in [3.05, 3.63) is 41.2 Å². The summed E-state index contributed by atoms with van der Waals surface area (Å²) in [5.74, 6) is 5.44. The summed E-state index contributed by atoms with van der Waals surface area (Å²) in [6.07, 6.45) is 1.62. The molecule has 2 aromatic rings. The van der Waals surface area contributed by atoms with Crippen molar-refractivity contribution in [3.63, 3.8) is 0 Å². The number of pyridine rings is 1. The lowest BCUT2D eigenvalue weighted by Gasteiger charge is -2.01. The number of nitrogens with zero attached hydrogens (tertiary/aromatic N) is 1. The molecular weight excluding hydrogens is 210 g/mol. The topological polar surface area (TPSA) is 33.1 Å². The number of rotatable bonds is 0. The van der Waals surface area contributed by atoms with Crippen LogP contribution >= 0.6 is 11.6 Å².